The molecule has 0 unspecified atom stereocenters. The van der Waals surface area contributed by atoms with Gasteiger partial charge in [-0.3, -0.25) is 14.5 Å². The van der Waals surface area contributed by atoms with Crippen LogP contribution in [0.4, 0.5) is 0 Å². The van der Waals surface area contributed by atoms with Gasteiger partial charge in [-0.25, -0.2) is 4.98 Å². The van der Waals surface area contributed by atoms with Gasteiger partial charge in [0.2, 0.25) is 0 Å². The standard InChI is InChI=1S/C25H30ClN5O2S.ClH/c1-14(2)31-10-9-20-22(13-31)34-25(30-20)24(33)29-19-6-4-3-5-18(19)28-23(32)21-12-15-11-16(26)7-8-17(15)27-21;/h7-8,11-12,14,18-19,27H,3-6,9-10,13H2,1-2H3,(H,28,32)(H,29,33);1H/t18-,19+;/m0./s1. The van der Waals surface area contributed by atoms with Crippen molar-refractivity contribution >= 4 is 58.1 Å². The number of amides is 2. The predicted molar refractivity (Wildman–Crippen MR) is 143 cm³/mol. The molecule has 2 atom stereocenters. The maximum Gasteiger partial charge on any atom is 0.280 e. The lowest BCUT2D eigenvalue weighted by Crippen LogP contribution is -2.53. The molecule has 0 spiro atoms. The molecular weight excluding hydrogens is 505 g/mol. The number of H-pyrrole nitrogens is 1. The quantitative estimate of drug-likeness (QED) is 0.431. The predicted octanol–water partition coefficient (Wildman–Crippen LogP) is 4.94. The SMILES string of the molecule is CC(C)N1CCc2nc(C(=O)N[C@@H]3CCCC[C@@H]3NC(=O)c3cc4cc(Cl)ccc4[nH]3)sc2C1.Cl. The van der Waals surface area contributed by atoms with Crippen molar-refractivity contribution in [1.82, 2.24) is 25.5 Å². The van der Waals surface area contributed by atoms with E-state index < -0.39 is 0 Å². The largest absolute Gasteiger partial charge is 0.351 e. The highest BCUT2D eigenvalue weighted by Gasteiger charge is 2.30. The van der Waals surface area contributed by atoms with Crippen molar-refractivity contribution in [3.63, 3.8) is 0 Å². The van der Waals surface area contributed by atoms with Crippen LogP contribution < -0.4 is 10.6 Å². The van der Waals surface area contributed by atoms with Gasteiger partial charge in [-0.05, 0) is 51.0 Å². The Morgan fingerprint density at radius 3 is 2.57 bits per heavy atom. The first-order valence-electron chi connectivity index (χ1n) is 12.0. The van der Waals surface area contributed by atoms with Crippen LogP contribution in [-0.4, -0.2) is 51.4 Å². The van der Waals surface area contributed by atoms with Crippen molar-refractivity contribution in [1.29, 1.82) is 0 Å². The number of aromatic nitrogens is 2. The van der Waals surface area contributed by atoms with Crippen molar-refractivity contribution in [3.8, 4) is 0 Å². The van der Waals surface area contributed by atoms with E-state index in [0.29, 0.717) is 21.8 Å². The number of carbonyl (C=O) groups excluding carboxylic acids is 2. The number of hydrogen-bond donors (Lipinski definition) is 3. The number of rotatable bonds is 5. The van der Waals surface area contributed by atoms with Gasteiger partial charge in [0.15, 0.2) is 5.01 Å². The van der Waals surface area contributed by atoms with Gasteiger partial charge in [0.05, 0.1) is 5.69 Å². The van der Waals surface area contributed by atoms with E-state index in [4.69, 9.17) is 11.6 Å². The summed E-state index contributed by atoms with van der Waals surface area (Å²) in [5, 5.41) is 8.37. The molecular formula is C25H31Cl2N5O2S. The lowest BCUT2D eigenvalue weighted by molar-refractivity contribution is 0.0860. The van der Waals surface area contributed by atoms with Crippen LogP contribution in [0, 0.1) is 0 Å². The molecule has 3 N–H and O–H groups in total. The second-order valence-corrected chi connectivity index (χ2v) is 11.1. The maximum absolute atomic E-state index is 13.1. The second kappa shape index (κ2) is 10.9. The molecule has 7 nitrogen and oxygen atoms in total. The van der Waals surface area contributed by atoms with Gasteiger partial charge in [0.25, 0.3) is 11.8 Å². The van der Waals surface area contributed by atoms with E-state index in [1.54, 1.807) is 6.07 Å². The summed E-state index contributed by atoms with van der Waals surface area (Å²) in [6.07, 6.45) is 4.61. The first-order chi connectivity index (χ1) is 16.4. The molecule has 0 bridgehead atoms. The van der Waals surface area contributed by atoms with E-state index in [9.17, 15) is 9.59 Å². The van der Waals surface area contributed by atoms with E-state index in [1.807, 2.05) is 18.2 Å². The summed E-state index contributed by atoms with van der Waals surface area (Å²) in [6.45, 7) is 6.23. The van der Waals surface area contributed by atoms with E-state index in [-0.39, 0.29) is 36.3 Å². The Balaban J connectivity index is 0.00000289. The van der Waals surface area contributed by atoms with Crippen LogP contribution in [-0.2, 0) is 13.0 Å². The molecule has 1 aromatic carbocycles. The van der Waals surface area contributed by atoms with Crippen LogP contribution >= 0.6 is 35.3 Å². The van der Waals surface area contributed by atoms with Crippen molar-refractivity contribution in [3.05, 3.63) is 50.6 Å². The average Bonchev–Trinajstić information content (AvgIpc) is 3.43. The molecule has 1 aliphatic carbocycles. The molecule has 1 aliphatic heterocycles. The van der Waals surface area contributed by atoms with Crippen LogP contribution in [0.25, 0.3) is 10.9 Å². The van der Waals surface area contributed by atoms with Gasteiger partial charge in [0, 0.05) is 58.4 Å². The van der Waals surface area contributed by atoms with Gasteiger partial charge >= 0.3 is 0 Å². The Morgan fingerprint density at radius 1 is 1.14 bits per heavy atom. The molecule has 1 fully saturated rings. The highest BCUT2D eigenvalue weighted by atomic mass is 35.5. The van der Waals surface area contributed by atoms with Crippen molar-refractivity contribution in [2.75, 3.05) is 6.54 Å². The number of thiazole rings is 1. The molecule has 5 rings (SSSR count). The zero-order chi connectivity index (χ0) is 23.8. The number of benzene rings is 1. The Kier molecular flexibility index (Phi) is 8.06. The van der Waals surface area contributed by atoms with E-state index in [1.165, 1.54) is 16.2 Å². The number of hydrogen-bond acceptors (Lipinski definition) is 5. The fourth-order valence-electron chi connectivity index (χ4n) is 4.93. The molecule has 10 heteroatoms. The zero-order valence-corrected chi connectivity index (χ0v) is 22.3. The van der Waals surface area contributed by atoms with E-state index >= 15 is 0 Å². The third-order valence-electron chi connectivity index (χ3n) is 6.91. The van der Waals surface area contributed by atoms with Crippen molar-refractivity contribution < 1.29 is 9.59 Å². The highest BCUT2D eigenvalue weighted by molar-refractivity contribution is 7.13. The van der Waals surface area contributed by atoms with Gasteiger partial charge < -0.3 is 15.6 Å². The van der Waals surface area contributed by atoms with Gasteiger partial charge in [0.1, 0.15) is 5.69 Å². The highest BCUT2D eigenvalue weighted by Crippen LogP contribution is 2.27. The van der Waals surface area contributed by atoms with Gasteiger partial charge in [-0.15, -0.1) is 23.7 Å². The van der Waals surface area contributed by atoms with Crippen LogP contribution in [0.3, 0.4) is 0 Å². The number of fused-ring (bicyclic) bond motifs is 2. The first kappa shape index (κ1) is 25.9. The molecule has 2 aromatic heterocycles. The lowest BCUT2D eigenvalue weighted by Gasteiger charge is -2.32. The molecule has 3 heterocycles. The van der Waals surface area contributed by atoms with E-state index in [2.05, 4.69) is 39.3 Å². The second-order valence-electron chi connectivity index (χ2n) is 9.56. The van der Waals surface area contributed by atoms with Crippen molar-refractivity contribution in [2.45, 2.75) is 70.6 Å². The molecule has 1 saturated carbocycles. The Morgan fingerprint density at radius 2 is 1.86 bits per heavy atom. The summed E-state index contributed by atoms with van der Waals surface area (Å²) in [7, 11) is 0. The Hall–Kier alpha value is -2.13. The van der Waals surface area contributed by atoms with Crippen LogP contribution in [0.1, 0.15) is 70.4 Å². The summed E-state index contributed by atoms with van der Waals surface area (Å²) >= 11 is 7.57. The minimum atomic E-state index is -0.169. The molecule has 188 valence electrons. The number of halogens is 2. The Bertz CT molecular complexity index is 1220. The third-order valence-corrected chi connectivity index (χ3v) is 8.23. The number of aromatic amines is 1. The molecule has 0 radical (unpaired) electrons. The normalized spacial score (nSPS) is 20.3. The minimum Gasteiger partial charge on any atom is -0.351 e. The smallest absolute Gasteiger partial charge is 0.280 e. The number of nitrogens with one attached hydrogen (secondary N) is 3. The summed E-state index contributed by atoms with van der Waals surface area (Å²) in [5.74, 6) is -0.307. The summed E-state index contributed by atoms with van der Waals surface area (Å²) in [6, 6.07) is 7.56. The number of carbonyl (C=O) groups is 2. The fourth-order valence-corrected chi connectivity index (χ4v) is 6.15. The summed E-state index contributed by atoms with van der Waals surface area (Å²) in [4.78, 5) is 37.5. The monoisotopic (exact) mass is 535 g/mol. The van der Waals surface area contributed by atoms with Crippen LogP contribution in [0.15, 0.2) is 24.3 Å². The van der Waals surface area contributed by atoms with Gasteiger partial charge in [-0.1, -0.05) is 24.4 Å². The molecule has 2 amide bonds. The lowest BCUT2D eigenvalue weighted by atomic mass is 9.90. The maximum atomic E-state index is 13.1. The fraction of sp³-hybridized carbons (Fsp3) is 0.480. The summed E-state index contributed by atoms with van der Waals surface area (Å²) in [5.41, 5.74) is 2.42. The number of nitrogens with zero attached hydrogens (tertiary/aromatic N) is 2. The average molecular weight is 537 g/mol. The Labute approximate surface area is 220 Å². The van der Waals surface area contributed by atoms with E-state index in [0.717, 1.165) is 61.8 Å². The van der Waals surface area contributed by atoms with Crippen molar-refractivity contribution in [2.24, 2.45) is 0 Å². The molecule has 0 saturated heterocycles. The zero-order valence-electron chi connectivity index (χ0n) is 19.9. The molecule has 2 aliphatic rings. The topological polar surface area (TPSA) is 90.1 Å². The van der Waals surface area contributed by atoms with Gasteiger partial charge in [-0.2, -0.15) is 0 Å². The van der Waals surface area contributed by atoms with Crippen LogP contribution in [0.5, 0.6) is 0 Å². The minimum absolute atomic E-state index is 0. The molecule has 35 heavy (non-hydrogen) atoms. The summed E-state index contributed by atoms with van der Waals surface area (Å²) < 4.78 is 0. The first-order valence-corrected chi connectivity index (χ1v) is 13.2. The van der Waals surface area contributed by atoms with Crippen LogP contribution in [0.2, 0.25) is 5.02 Å². The molecule has 3 aromatic rings. The third kappa shape index (κ3) is 5.66.